The number of fused-ring (bicyclic) bond motifs is 3. The van der Waals surface area contributed by atoms with Crippen LogP contribution in [-0.4, -0.2) is 0 Å². The van der Waals surface area contributed by atoms with Crippen molar-refractivity contribution in [2.45, 2.75) is 0 Å². The Kier molecular flexibility index (Phi) is 4.29. The average molecular weight is 411 g/mol. The molecule has 0 spiro atoms. The van der Waals surface area contributed by atoms with Crippen molar-refractivity contribution in [1.82, 2.24) is 0 Å². The van der Waals surface area contributed by atoms with Gasteiger partial charge in [0.25, 0.3) is 0 Å². The van der Waals surface area contributed by atoms with Crippen molar-refractivity contribution in [3.05, 3.63) is 121 Å². The lowest BCUT2D eigenvalue weighted by Crippen LogP contribution is -2.11. The van der Waals surface area contributed by atoms with Crippen LogP contribution in [0.2, 0.25) is 0 Å². The van der Waals surface area contributed by atoms with Crippen molar-refractivity contribution in [1.29, 1.82) is 0 Å². The third-order valence-corrected chi connectivity index (χ3v) is 6.12. The molecule has 6 aromatic rings. The fourth-order valence-corrected chi connectivity index (χ4v) is 4.58. The molecule has 152 valence electrons. The molecule has 0 aromatic heterocycles. The summed E-state index contributed by atoms with van der Waals surface area (Å²) in [6.07, 6.45) is 0. The summed E-state index contributed by atoms with van der Waals surface area (Å²) in [7, 11) is 0. The third kappa shape index (κ3) is 3.05. The Morgan fingerprint density at radius 2 is 1.00 bits per heavy atom. The fraction of sp³-hybridized carbons (Fsp3) is 0. The van der Waals surface area contributed by atoms with Crippen LogP contribution >= 0.6 is 0 Å². The summed E-state index contributed by atoms with van der Waals surface area (Å²) in [6, 6.07) is 42.8. The smallest absolute Gasteiger partial charge is 0.0540 e. The molecule has 6 rings (SSSR count). The molecule has 2 N–H and O–H groups in total. The van der Waals surface area contributed by atoms with E-state index < -0.39 is 0 Å². The van der Waals surface area contributed by atoms with Gasteiger partial charge >= 0.3 is 0 Å². The molecule has 0 saturated heterocycles. The van der Waals surface area contributed by atoms with E-state index in [0.717, 1.165) is 22.7 Å². The predicted octanol–water partition coefficient (Wildman–Crippen LogP) is 8.20. The molecule has 0 aliphatic rings. The third-order valence-electron chi connectivity index (χ3n) is 6.12. The molecule has 0 fully saturated rings. The summed E-state index contributed by atoms with van der Waals surface area (Å²) in [5.41, 5.74) is 10.2. The lowest BCUT2D eigenvalue weighted by molar-refractivity contribution is 1.31. The summed E-state index contributed by atoms with van der Waals surface area (Å²) in [5.74, 6) is 0. The number of hydrogen-bond donors (Lipinski definition) is 1. The SMILES string of the molecule is Nc1ccc(N(c2cccc3ccccc23)c2cccc3cc4ccccc4cc23)cc1. The van der Waals surface area contributed by atoms with E-state index in [4.69, 9.17) is 5.73 Å². The molecule has 2 nitrogen and oxygen atoms in total. The number of anilines is 4. The highest BCUT2D eigenvalue weighted by Crippen LogP contribution is 2.42. The average Bonchev–Trinajstić information content (AvgIpc) is 2.84. The largest absolute Gasteiger partial charge is 0.399 e. The van der Waals surface area contributed by atoms with Crippen LogP contribution in [0.25, 0.3) is 32.3 Å². The monoisotopic (exact) mass is 410 g/mol. The van der Waals surface area contributed by atoms with Gasteiger partial charge in [-0.15, -0.1) is 0 Å². The molecule has 0 saturated carbocycles. The number of nitrogens with two attached hydrogens (primary N) is 1. The first-order valence-electron chi connectivity index (χ1n) is 10.8. The van der Waals surface area contributed by atoms with Crippen molar-refractivity contribution in [3.63, 3.8) is 0 Å². The number of nitrogen functional groups attached to an aromatic ring is 1. The summed E-state index contributed by atoms with van der Waals surface area (Å²) >= 11 is 0. The molecule has 0 amide bonds. The highest BCUT2D eigenvalue weighted by Gasteiger charge is 2.17. The molecular formula is C30H22N2. The summed E-state index contributed by atoms with van der Waals surface area (Å²) in [6.45, 7) is 0. The van der Waals surface area contributed by atoms with E-state index in [0.29, 0.717) is 0 Å². The van der Waals surface area contributed by atoms with Gasteiger partial charge in [-0.3, -0.25) is 0 Å². The zero-order valence-electron chi connectivity index (χ0n) is 17.6. The second-order valence-corrected chi connectivity index (χ2v) is 8.12. The lowest BCUT2D eigenvalue weighted by atomic mass is 10.0. The highest BCUT2D eigenvalue weighted by molar-refractivity contribution is 6.08. The van der Waals surface area contributed by atoms with Gasteiger partial charge in [-0.05, 0) is 70.1 Å². The van der Waals surface area contributed by atoms with E-state index in [1.807, 2.05) is 12.1 Å². The van der Waals surface area contributed by atoms with Gasteiger partial charge in [0.15, 0.2) is 0 Å². The van der Waals surface area contributed by atoms with Gasteiger partial charge in [0.1, 0.15) is 0 Å². The van der Waals surface area contributed by atoms with Crippen LogP contribution in [0.5, 0.6) is 0 Å². The maximum Gasteiger partial charge on any atom is 0.0540 e. The Bertz CT molecular complexity index is 1580. The molecule has 0 aliphatic heterocycles. The van der Waals surface area contributed by atoms with Gasteiger partial charge in [0, 0.05) is 22.1 Å². The molecule has 0 bridgehead atoms. The molecule has 0 radical (unpaired) electrons. The van der Waals surface area contributed by atoms with Gasteiger partial charge in [0.2, 0.25) is 0 Å². The maximum absolute atomic E-state index is 6.03. The predicted molar refractivity (Wildman–Crippen MR) is 138 cm³/mol. The topological polar surface area (TPSA) is 29.3 Å². The molecule has 2 heteroatoms. The van der Waals surface area contributed by atoms with Gasteiger partial charge < -0.3 is 10.6 Å². The van der Waals surface area contributed by atoms with Crippen LogP contribution in [0.3, 0.4) is 0 Å². The summed E-state index contributed by atoms with van der Waals surface area (Å²) in [4.78, 5) is 2.35. The Morgan fingerprint density at radius 1 is 0.438 bits per heavy atom. The van der Waals surface area contributed by atoms with E-state index in [1.165, 1.54) is 32.3 Å². The minimum atomic E-state index is 0.760. The highest BCUT2D eigenvalue weighted by atomic mass is 15.1. The van der Waals surface area contributed by atoms with Crippen molar-refractivity contribution in [3.8, 4) is 0 Å². The van der Waals surface area contributed by atoms with E-state index in [1.54, 1.807) is 0 Å². The van der Waals surface area contributed by atoms with Crippen molar-refractivity contribution >= 4 is 55.1 Å². The standard InChI is InChI=1S/C30H22N2/c31-25-15-17-26(18-16-25)32(29-13-5-10-21-7-3-4-12-27(21)29)30-14-6-11-24-19-22-8-1-2-9-23(22)20-28(24)30/h1-20H,31H2. The number of rotatable bonds is 3. The molecule has 0 heterocycles. The van der Waals surface area contributed by atoms with Crippen LogP contribution in [0.4, 0.5) is 22.7 Å². The van der Waals surface area contributed by atoms with E-state index in [2.05, 4.69) is 114 Å². The first-order chi connectivity index (χ1) is 15.8. The van der Waals surface area contributed by atoms with Gasteiger partial charge in [-0.25, -0.2) is 0 Å². The zero-order chi connectivity index (χ0) is 21.5. The van der Waals surface area contributed by atoms with Crippen LogP contribution in [-0.2, 0) is 0 Å². The lowest BCUT2D eigenvalue weighted by Gasteiger charge is -2.28. The first-order valence-corrected chi connectivity index (χ1v) is 10.8. The van der Waals surface area contributed by atoms with Gasteiger partial charge in [-0.1, -0.05) is 72.8 Å². The summed E-state index contributed by atoms with van der Waals surface area (Å²) in [5, 5.41) is 7.36. The van der Waals surface area contributed by atoms with Crippen molar-refractivity contribution < 1.29 is 0 Å². The molecule has 0 atom stereocenters. The van der Waals surface area contributed by atoms with Crippen LogP contribution < -0.4 is 10.6 Å². The molecule has 0 aliphatic carbocycles. The van der Waals surface area contributed by atoms with Crippen molar-refractivity contribution in [2.75, 3.05) is 10.6 Å². The minimum absolute atomic E-state index is 0.760. The Balaban J connectivity index is 1.69. The Morgan fingerprint density at radius 3 is 1.75 bits per heavy atom. The van der Waals surface area contributed by atoms with E-state index in [9.17, 15) is 0 Å². The number of benzene rings is 6. The van der Waals surface area contributed by atoms with Crippen LogP contribution in [0, 0.1) is 0 Å². The van der Waals surface area contributed by atoms with Gasteiger partial charge in [0.05, 0.1) is 11.4 Å². The quantitative estimate of drug-likeness (QED) is 0.235. The first kappa shape index (κ1) is 18.5. The summed E-state index contributed by atoms with van der Waals surface area (Å²) < 4.78 is 0. The minimum Gasteiger partial charge on any atom is -0.399 e. The fourth-order valence-electron chi connectivity index (χ4n) is 4.58. The second kappa shape index (κ2) is 7.44. The van der Waals surface area contributed by atoms with Crippen LogP contribution in [0.1, 0.15) is 0 Å². The molecule has 32 heavy (non-hydrogen) atoms. The second-order valence-electron chi connectivity index (χ2n) is 8.12. The van der Waals surface area contributed by atoms with E-state index in [-0.39, 0.29) is 0 Å². The van der Waals surface area contributed by atoms with E-state index >= 15 is 0 Å². The Labute approximate surface area is 187 Å². The molecule has 0 unspecified atom stereocenters. The maximum atomic E-state index is 6.03. The molecule has 6 aromatic carbocycles. The normalized spacial score (nSPS) is 11.2. The van der Waals surface area contributed by atoms with Crippen molar-refractivity contribution in [2.24, 2.45) is 0 Å². The van der Waals surface area contributed by atoms with Gasteiger partial charge in [-0.2, -0.15) is 0 Å². The molecular weight excluding hydrogens is 388 g/mol. The zero-order valence-corrected chi connectivity index (χ0v) is 17.6. The number of nitrogens with zero attached hydrogens (tertiary/aromatic N) is 1. The number of hydrogen-bond acceptors (Lipinski definition) is 2. The Hall–Kier alpha value is -4.30. The van der Waals surface area contributed by atoms with Crippen LogP contribution in [0.15, 0.2) is 121 Å².